The number of esters is 1. The second-order valence-corrected chi connectivity index (χ2v) is 7.36. The molecule has 0 N–H and O–H groups in total. The van der Waals surface area contributed by atoms with Gasteiger partial charge in [0.1, 0.15) is 23.4 Å². The Morgan fingerprint density at radius 3 is 2.73 bits per heavy atom. The number of nitro groups is 1. The molecule has 0 radical (unpaired) electrons. The molecule has 1 heterocycles. The Kier molecular flexibility index (Phi) is 6.48. The summed E-state index contributed by atoms with van der Waals surface area (Å²) in [5.74, 6) is -0.895. The van der Waals surface area contributed by atoms with Crippen LogP contribution in [0.25, 0.3) is 10.2 Å². The number of ether oxygens (including phenoxy) is 2. The van der Waals surface area contributed by atoms with Gasteiger partial charge in [-0.1, -0.05) is 29.0 Å². The fourth-order valence-corrected chi connectivity index (χ4v) is 4.00. The van der Waals surface area contributed by atoms with E-state index in [-0.39, 0.29) is 21.9 Å². The quantitative estimate of drug-likeness (QED) is 0.323. The topological polar surface area (TPSA) is 113 Å². The van der Waals surface area contributed by atoms with E-state index < -0.39 is 22.5 Å². The standard InChI is InChI=1S/C19H16ClN3O6S/c1-3-29-14-5-4-6-15-17(14)22(10-16(24)28-2)19(30-15)21-18(25)12-9-11(20)7-8-13(12)23(26)27/h4-9H,3,10H2,1-2H3. The lowest BCUT2D eigenvalue weighted by molar-refractivity contribution is -0.385. The van der Waals surface area contributed by atoms with E-state index in [2.05, 4.69) is 4.99 Å². The van der Waals surface area contributed by atoms with Crippen LogP contribution in [0.5, 0.6) is 5.75 Å². The zero-order valence-electron chi connectivity index (χ0n) is 16.0. The second-order valence-electron chi connectivity index (χ2n) is 5.92. The summed E-state index contributed by atoms with van der Waals surface area (Å²) in [5, 5.41) is 11.5. The Bertz CT molecular complexity index is 1220. The molecule has 0 bridgehead atoms. The van der Waals surface area contributed by atoms with Crippen LogP contribution < -0.4 is 9.54 Å². The number of aromatic nitrogens is 1. The molecule has 0 aliphatic heterocycles. The van der Waals surface area contributed by atoms with Crippen LogP contribution in [0.2, 0.25) is 5.02 Å². The molecule has 1 aromatic heterocycles. The first-order chi connectivity index (χ1) is 14.3. The normalized spacial score (nSPS) is 11.5. The number of nitrogens with zero attached hydrogens (tertiary/aromatic N) is 3. The van der Waals surface area contributed by atoms with Crippen molar-refractivity contribution in [1.29, 1.82) is 0 Å². The number of carbonyl (C=O) groups excluding carboxylic acids is 2. The van der Waals surface area contributed by atoms with E-state index in [4.69, 9.17) is 21.1 Å². The zero-order chi connectivity index (χ0) is 21.8. The predicted molar refractivity (Wildman–Crippen MR) is 111 cm³/mol. The van der Waals surface area contributed by atoms with E-state index in [1.165, 1.54) is 23.8 Å². The van der Waals surface area contributed by atoms with E-state index >= 15 is 0 Å². The van der Waals surface area contributed by atoms with Gasteiger partial charge in [-0.25, -0.2) is 0 Å². The number of carbonyl (C=O) groups is 2. The van der Waals surface area contributed by atoms with E-state index in [1.54, 1.807) is 18.2 Å². The van der Waals surface area contributed by atoms with Crippen LogP contribution in [0.1, 0.15) is 17.3 Å². The number of rotatable bonds is 6. The summed E-state index contributed by atoms with van der Waals surface area (Å²) in [4.78, 5) is 39.6. The molecule has 0 aliphatic rings. The summed E-state index contributed by atoms with van der Waals surface area (Å²) in [6, 6.07) is 8.96. The van der Waals surface area contributed by atoms with Gasteiger partial charge in [0.2, 0.25) is 0 Å². The molecule has 0 fully saturated rings. The van der Waals surface area contributed by atoms with Crippen LogP contribution in [0.4, 0.5) is 5.69 Å². The van der Waals surface area contributed by atoms with Crippen molar-refractivity contribution in [3.8, 4) is 5.75 Å². The highest BCUT2D eigenvalue weighted by molar-refractivity contribution is 7.16. The third-order valence-corrected chi connectivity index (χ3v) is 5.34. The molecular weight excluding hydrogens is 434 g/mol. The van der Waals surface area contributed by atoms with Gasteiger partial charge >= 0.3 is 5.97 Å². The van der Waals surface area contributed by atoms with Crippen molar-refractivity contribution in [2.75, 3.05) is 13.7 Å². The Balaban J connectivity index is 2.24. The molecule has 2 aromatic carbocycles. The van der Waals surface area contributed by atoms with Gasteiger partial charge in [-0.2, -0.15) is 4.99 Å². The number of thiazole rings is 1. The van der Waals surface area contributed by atoms with Crippen molar-refractivity contribution in [3.05, 3.63) is 61.9 Å². The molecule has 0 unspecified atom stereocenters. The fraction of sp³-hybridized carbons (Fsp3) is 0.211. The molecule has 0 atom stereocenters. The third kappa shape index (κ3) is 4.34. The van der Waals surface area contributed by atoms with Crippen LogP contribution in [0.3, 0.4) is 0 Å². The Labute approximate surface area is 179 Å². The molecule has 11 heteroatoms. The van der Waals surface area contributed by atoms with Crippen LogP contribution >= 0.6 is 22.9 Å². The zero-order valence-corrected chi connectivity index (χ0v) is 17.5. The molecule has 9 nitrogen and oxygen atoms in total. The number of methoxy groups -OCH3 is 1. The number of para-hydroxylation sites is 1. The number of fused-ring (bicyclic) bond motifs is 1. The summed E-state index contributed by atoms with van der Waals surface area (Å²) < 4.78 is 12.6. The van der Waals surface area contributed by atoms with Crippen molar-refractivity contribution in [1.82, 2.24) is 4.57 Å². The van der Waals surface area contributed by atoms with Crippen molar-refractivity contribution < 1.29 is 24.0 Å². The Morgan fingerprint density at radius 1 is 1.30 bits per heavy atom. The maximum atomic E-state index is 12.8. The van der Waals surface area contributed by atoms with E-state index in [0.717, 1.165) is 22.1 Å². The first-order valence-corrected chi connectivity index (χ1v) is 9.90. The second kappa shape index (κ2) is 9.06. The molecule has 1 amide bonds. The lowest BCUT2D eigenvalue weighted by Gasteiger charge is -2.08. The highest BCUT2D eigenvalue weighted by atomic mass is 35.5. The van der Waals surface area contributed by atoms with Gasteiger partial charge < -0.3 is 14.0 Å². The molecular formula is C19H16ClN3O6S. The average Bonchev–Trinajstić information content (AvgIpc) is 3.05. The van der Waals surface area contributed by atoms with Gasteiger partial charge in [-0.15, -0.1) is 0 Å². The third-order valence-electron chi connectivity index (χ3n) is 4.06. The van der Waals surface area contributed by atoms with Crippen molar-refractivity contribution in [2.24, 2.45) is 4.99 Å². The van der Waals surface area contributed by atoms with E-state index in [9.17, 15) is 19.7 Å². The first kappa shape index (κ1) is 21.5. The smallest absolute Gasteiger partial charge is 0.325 e. The number of nitro benzene ring substituents is 1. The molecule has 0 spiro atoms. The number of benzene rings is 2. The number of halogens is 1. The van der Waals surface area contributed by atoms with Crippen LogP contribution in [0, 0.1) is 10.1 Å². The Morgan fingerprint density at radius 2 is 2.07 bits per heavy atom. The highest BCUT2D eigenvalue weighted by Gasteiger charge is 2.21. The van der Waals surface area contributed by atoms with Crippen molar-refractivity contribution >= 4 is 50.7 Å². The lowest BCUT2D eigenvalue weighted by Crippen LogP contribution is -2.23. The fourth-order valence-electron chi connectivity index (χ4n) is 2.78. The molecule has 0 saturated carbocycles. The molecule has 3 aromatic rings. The Hall–Kier alpha value is -3.24. The van der Waals surface area contributed by atoms with Gasteiger partial charge in [0.05, 0.1) is 23.3 Å². The average molecular weight is 450 g/mol. The van der Waals surface area contributed by atoms with Gasteiger partial charge in [-0.3, -0.25) is 19.7 Å². The first-order valence-electron chi connectivity index (χ1n) is 8.70. The van der Waals surface area contributed by atoms with Gasteiger partial charge in [0, 0.05) is 11.1 Å². The molecule has 3 rings (SSSR count). The minimum absolute atomic E-state index is 0.163. The highest BCUT2D eigenvalue weighted by Crippen LogP contribution is 2.28. The van der Waals surface area contributed by atoms with Gasteiger partial charge in [0.25, 0.3) is 11.6 Å². The summed E-state index contributed by atoms with van der Waals surface area (Å²) in [7, 11) is 1.25. The SMILES string of the molecule is CCOc1cccc2sc(=NC(=O)c3cc(Cl)ccc3[N+](=O)[O-])n(CC(=O)OC)c12. The number of hydrogen-bond acceptors (Lipinski definition) is 7. The van der Waals surface area contributed by atoms with Crippen LogP contribution in [-0.4, -0.2) is 35.1 Å². The largest absolute Gasteiger partial charge is 0.492 e. The lowest BCUT2D eigenvalue weighted by atomic mass is 10.2. The summed E-state index contributed by atoms with van der Waals surface area (Å²) in [6.45, 7) is 2.00. The van der Waals surface area contributed by atoms with Crippen molar-refractivity contribution in [3.63, 3.8) is 0 Å². The number of amides is 1. The van der Waals surface area contributed by atoms with Crippen LogP contribution in [-0.2, 0) is 16.1 Å². The van der Waals surface area contributed by atoms with Crippen LogP contribution in [0.15, 0.2) is 41.4 Å². The van der Waals surface area contributed by atoms with E-state index in [0.29, 0.717) is 17.9 Å². The summed E-state index contributed by atoms with van der Waals surface area (Å²) in [5.41, 5.74) is -0.0923. The van der Waals surface area contributed by atoms with Crippen molar-refractivity contribution in [2.45, 2.75) is 13.5 Å². The molecule has 30 heavy (non-hydrogen) atoms. The van der Waals surface area contributed by atoms with Gasteiger partial charge in [-0.05, 0) is 31.2 Å². The maximum Gasteiger partial charge on any atom is 0.325 e. The van der Waals surface area contributed by atoms with E-state index in [1.807, 2.05) is 6.92 Å². The minimum atomic E-state index is -0.854. The molecule has 0 saturated heterocycles. The predicted octanol–water partition coefficient (Wildman–Crippen LogP) is 3.58. The minimum Gasteiger partial charge on any atom is -0.492 e. The molecule has 0 aliphatic carbocycles. The molecule has 156 valence electrons. The summed E-state index contributed by atoms with van der Waals surface area (Å²) >= 11 is 7.05. The maximum absolute atomic E-state index is 12.8. The summed E-state index contributed by atoms with van der Waals surface area (Å²) in [6.07, 6.45) is 0. The number of hydrogen-bond donors (Lipinski definition) is 0. The van der Waals surface area contributed by atoms with Gasteiger partial charge in [0.15, 0.2) is 4.80 Å². The monoisotopic (exact) mass is 449 g/mol.